The van der Waals surface area contributed by atoms with Gasteiger partial charge in [-0.3, -0.25) is 0 Å². The molecule has 0 bridgehead atoms. The van der Waals surface area contributed by atoms with E-state index < -0.39 is 0 Å². The van der Waals surface area contributed by atoms with Gasteiger partial charge < -0.3 is 0 Å². The summed E-state index contributed by atoms with van der Waals surface area (Å²) in [4.78, 5) is 15.5. The molecule has 7 heteroatoms. The molecule has 1 heterocycles. The van der Waals surface area contributed by atoms with Crippen molar-refractivity contribution in [1.82, 2.24) is 4.90 Å². The average molecular weight is 521 g/mol. The predicted molar refractivity (Wildman–Crippen MR) is 127 cm³/mol. The number of hydrogen-bond acceptors (Lipinski definition) is 3. The summed E-state index contributed by atoms with van der Waals surface area (Å²) in [5.41, 5.74) is 1.87. The first-order valence-electron chi connectivity index (χ1n) is 9.82. The van der Waals surface area contributed by atoms with Crippen molar-refractivity contribution in [2.45, 2.75) is 0 Å². The van der Waals surface area contributed by atoms with Gasteiger partial charge in [0.1, 0.15) is 0 Å². The summed E-state index contributed by atoms with van der Waals surface area (Å²) >= 11 is -0.254. The van der Waals surface area contributed by atoms with Crippen LogP contribution in [-0.4, -0.2) is 52.4 Å². The van der Waals surface area contributed by atoms with Gasteiger partial charge in [0.05, 0.1) is 0 Å². The van der Waals surface area contributed by atoms with Crippen LogP contribution >= 0.6 is 12.4 Å². The summed E-state index contributed by atoms with van der Waals surface area (Å²) in [5, 5.41) is 0.747. The maximum absolute atomic E-state index is 13.8. The number of carbonyl (C=O) groups is 1. The van der Waals surface area contributed by atoms with Crippen molar-refractivity contribution in [2.24, 2.45) is 0 Å². The van der Waals surface area contributed by atoms with Crippen LogP contribution in [0, 0.1) is 11.6 Å². The van der Waals surface area contributed by atoms with Gasteiger partial charge in [0.2, 0.25) is 0 Å². The second-order valence-electron chi connectivity index (χ2n) is 7.46. The van der Waals surface area contributed by atoms with Crippen LogP contribution in [0.25, 0.3) is 19.6 Å². The zero-order valence-electron chi connectivity index (χ0n) is 17.6. The fourth-order valence-corrected chi connectivity index (χ4v) is 5.87. The second-order valence-corrected chi connectivity index (χ2v) is 9.67. The molecule has 0 amide bonds. The molecule has 0 spiro atoms. The third-order valence-corrected chi connectivity index (χ3v) is 7.43. The van der Waals surface area contributed by atoms with Crippen molar-refractivity contribution in [3.63, 3.8) is 0 Å². The fraction of sp³-hybridized carbons (Fsp3) is 0.160. The Labute approximate surface area is 197 Å². The summed E-state index contributed by atoms with van der Waals surface area (Å²) in [7, 11) is 3.95. The third kappa shape index (κ3) is 5.28. The number of likely N-dealkylation sites (N-methyl/N-ethyl adjacent to an activating group) is 1. The smallest absolute Gasteiger partial charge is 0.147 e. The maximum Gasteiger partial charge on any atom is -0.147 e. The maximum atomic E-state index is 13.8. The summed E-state index contributed by atoms with van der Waals surface area (Å²) in [6.07, 6.45) is 0. The van der Waals surface area contributed by atoms with Gasteiger partial charge in [-0.25, -0.2) is 0 Å². The van der Waals surface area contributed by atoms with Crippen molar-refractivity contribution >= 4 is 42.3 Å². The standard InChI is InChI=1S/C25H21F2NO2Se.ClH/c1-28(2)13-14-30-20-10-5-16(6-11-20)24(29)23-21-12-9-19(27)15-22(21)31-25(23)17-3-7-18(26)8-4-17;/h3-12,15H,13-14H2,1-2H3;1H. The number of hydrogen-bond donors (Lipinski definition) is 0. The number of nitrogens with zero attached hydrogens (tertiary/aromatic N) is 1. The fourth-order valence-electron chi connectivity index (χ4n) is 3.29. The van der Waals surface area contributed by atoms with E-state index in [0.717, 1.165) is 26.2 Å². The molecular weight excluding hydrogens is 499 g/mol. The van der Waals surface area contributed by atoms with Gasteiger partial charge in [-0.1, -0.05) is 0 Å². The number of fused-ring (bicyclic) bond motifs is 1. The quantitative estimate of drug-likeness (QED) is 0.240. The molecule has 4 rings (SSSR count). The van der Waals surface area contributed by atoms with Gasteiger partial charge in [0.25, 0.3) is 0 Å². The zero-order chi connectivity index (χ0) is 22.0. The number of halogens is 3. The number of ketones is 1. The zero-order valence-corrected chi connectivity index (χ0v) is 20.1. The molecule has 3 nitrogen and oxygen atoms in total. The Bertz CT molecular complexity index is 1220. The SMILES string of the molecule is CN(C)CCOc1ccc(C(=O)c2c(-c3ccc(F)cc3)[se]c3cc(F)ccc23)cc1.Cl. The van der Waals surface area contributed by atoms with Crippen LogP contribution in [0.1, 0.15) is 15.9 Å². The second kappa shape index (κ2) is 10.4. The molecule has 0 fully saturated rings. The van der Waals surface area contributed by atoms with Crippen LogP contribution in [0.15, 0.2) is 66.7 Å². The molecule has 0 atom stereocenters. The molecule has 3 aromatic carbocycles. The largest absolute Gasteiger partial charge is 0.147 e. The normalized spacial score (nSPS) is 10.9. The molecule has 0 radical (unpaired) electrons. The van der Waals surface area contributed by atoms with Gasteiger partial charge in [0.15, 0.2) is 0 Å². The first-order chi connectivity index (χ1) is 14.9. The van der Waals surface area contributed by atoms with Crippen LogP contribution in [0.2, 0.25) is 0 Å². The van der Waals surface area contributed by atoms with Gasteiger partial charge in [-0.05, 0) is 0 Å². The molecule has 0 saturated heterocycles. The summed E-state index contributed by atoms with van der Waals surface area (Å²) < 4.78 is 34.6. The van der Waals surface area contributed by atoms with Crippen LogP contribution in [-0.2, 0) is 0 Å². The van der Waals surface area contributed by atoms with Crippen molar-refractivity contribution in [1.29, 1.82) is 0 Å². The Morgan fingerprint density at radius 2 is 1.59 bits per heavy atom. The molecule has 166 valence electrons. The topological polar surface area (TPSA) is 29.5 Å². The Morgan fingerprint density at radius 1 is 0.938 bits per heavy atom. The van der Waals surface area contributed by atoms with Crippen LogP contribution in [0.5, 0.6) is 5.75 Å². The molecule has 1 aromatic heterocycles. The van der Waals surface area contributed by atoms with Gasteiger partial charge in [0, 0.05) is 0 Å². The Hall–Kier alpha value is -2.50. The first-order valence-corrected chi connectivity index (χ1v) is 11.5. The molecular formula is C25H22ClF2NO2Se. The van der Waals surface area contributed by atoms with Crippen LogP contribution in [0.4, 0.5) is 8.78 Å². The van der Waals surface area contributed by atoms with E-state index in [1.54, 1.807) is 42.5 Å². The van der Waals surface area contributed by atoms with E-state index in [9.17, 15) is 13.6 Å². The van der Waals surface area contributed by atoms with E-state index in [2.05, 4.69) is 0 Å². The van der Waals surface area contributed by atoms with Crippen LogP contribution in [0.3, 0.4) is 0 Å². The Morgan fingerprint density at radius 3 is 2.25 bits per heavy atom. The van der Waals surface area contributed by atoms with E-state index >= 15 is 0 Å². The molecule has 0 N–H and O–H groups in total. The predicted octanol–water partition coefficient (Wildman–Crippen LogP) is 5.44. The molecule has 4 aromatic rings. The monoisotopic (exact) mass is 521 g/mol. The minimum atomic E-state index is -0.337. The van der Waals surface area contributed by atoms with Crippen molar-refractivity contribution in [3.05, 3.63) is 89.5 Å². The van der Waals surface area contributed by atoms with Crippen molar-refractivity contribution in [3.8, 4) is 15.8 Å². The van der Waals surface area contributed by atoms with E-state index in [-0.39, 0.29) is 44.3 Å². The minimum absolute atomic E-state index is 0. The van der Waals surface area contributed by atoms with Gasteiger partial charge in [-0.15, -0.1) is 12.4 Å². The number of ether oxygens (including phenoxy) is 1. The summed E-state index contributed by atoms with van der Waals surface area (Å²) in [6, 6.07) is 17.7. The van der Waals surface area contributed by atoms with Crippen molar-refractivity contribution < 1.29 is 18.3 Å². The van der Waals surface area contributed by atoms with Crippen molar-refractivity contribution in [2.75, 3.05) is 27.2 Å². The Balaban J connectivity index is 0.00000289. The first kappa shape index (κ1) is 24.1. The summed E-state index contributed by atoms with van der Waals surface area (Å²) in [5.74, 6) is -0.0983. The number of carbonyl (C=O) groups excluding carboxylic acids is 1. The number of benzene rings is 3. The minimum Gasteiger partial charge on any atom is -0.147 e. The van der Waals surface area contributed by atoms with E-state index in [1.807, 2.05) is 19.0 Å². The molecule has 0 unspecified atom stereocenters. The van der Waals surface area contributed by atoms with E-state index in [4.69, 9.17) is 4.74 Å². The van der Waals surface area contributed by atoms with E-state index in [1.165, 1.54) is 24.3 Å². The van der Waals surface area contributed by atoms with Gasteiger partial charge >= 0.3 is 186 Å². The average Bonchev–Trinajstić information content (AvgIpc) is 3.12. The molecule has 0 saturated carbocycles. The van der Waals surface area contributed by atoms with E-state index in [0.29, 0.717) is 23.5 Å². The molecule has 32 heavy (non-hydrogen) atoms. The molecule has 0 aliphatic carbocycles. The van der Waals surface area contributed by atoms with Crippen LogP contribution < -0.4 is 4.74 Å². The number of rotatable bonds is 7. The molecule has 0 aliphatic heterocycles. The third-order valence-electron chi connectivity index (χ3n) is 4.91. The Kier molecular flexibility index (Phi) is 7.86. The summed E-state index contributed by atoms with van der Waals surface area (Å²) in [6.45, 7) is 1.35. The van der Waals surface area contributed by atoms with Gasteiger partial charge in [-0.2, -0.15) is 0 Å². The molecule has 0 aliphatic rings.